The van der Waals surface area contributed by atoms with Crippen LogP contribution in [-0.4, -0.2) is 52.8 Å². The Morgan fingerprint density at radius 3 is 2.92 bits per heavy atom. The number of carbonyl (C=O) groups is 1. The predicted octanol–water partition coefficient (Wildman–Crippen LogP) is 1.81. The number of thioether (sulfide) groups is 1. The monoisotopic (exact) mass is 365 g/mol. The van der Waals surface area contributed by atoms with Crippen LogP contribution in [-0.2, 0) is 22.4 Å². The minimum Gasteiger partial charge on any atom is -0.378 e. The van der Waals surface area contributed by atoms with Gasteiger partial charge >= 0.3 is 0 Å². The number of morpholine rings is 1. The number of thiophene rings is 1. The van der Waals surface area contributed by atoms with Gasteiger partial charge in [0.15, 0.2) is 5.16 Å². The maximum Gasteiger partial charge on any atom is 0.260 e. The Balaban J connectivity index is 1.52. The normalized spacial score (nSPS) is 17.9. The Kier molecular flexibility index (Phi) is 4.60. The summed E-state index contributed by atoms with van der Waals surface area (Å²) in [5.74, 6) is 0.357. The second kappa shape index (κ2) is 6.85. The predicted molar refractivity (Wildman–Crippen MR) is 95.0 cm³/mol. The molecule has 2 aliphatic rings. The molecular formula is C16H19N3O3S2. The van der Waals surface area contributed by atoms with E-state index < -0.39 is 0 Å². The molecule has 1 fully saturated rings. The molecule has 1 saturated heterocycles. The van der Waals surface area contributed by atoms with E-state index in [-0.39, 0.29) is 11.5 Å². The van der Waals surface area contributed by atoms with Crippen molar-refractivity contribution in [1.82, 2.24) is 14.9 Å². The molecule has 0 bridgehead atoms. The molecule has 8 heteroatoms. The van der Waals surface area contributed by atoms with Crippen LogP contribution in [0.5, 0.6) is 0 Å². The third kappa shape index (κ3) is 3.10. The Morgan fingerprint density at radius 2 is 2.08 bits per heavy atom. The van der Waals surface area contributed by atoms with Crippen molar-refractivity contribution in [3.05, 3.63) is 20.8 Å². The number of aromatic amines is 1. The SMILES string of the molecule is O=C(CSc1nc2sc3c(c2c(=O)[nH]1)CCCC3)N1CCOCC1. The molecular weight excluding hydrogens is 346 g/mol. The molecule has 0 saturated carbocycles. The molecule has 1 aliphatic heterocycles. The molecule has 0 atom stereocenters. The quantitative estimate of drug-likeness (QED) is 0.663. The van der Waals surface area contributed by atoms with E-state index in [4.69, 9.17) is 4.74 Å². The van der Waals surface area contributed by atoms with Crippen molar-refractivity contribution in [2.24, 2.45) is 0 Å². The largest absolute Gasteiger partial charge is 0.378 e. The lowest BCUT2D eigenvalue weighted by Gasteiger charge is -2.26. The van der Waals surface area contributed by atoms with E-state index >= 15 is 0 Å². The number of aryl methyl sites for hydroxylation is 2. The van der Waals surface area contributed by atoms with Gasteiger partial charge in [-0.15, -0.1) is 11.3 Å². The molecule has 128 valence electrons. The first-order valence-electron chi connectivity index (χ1n) is 8.25. The zero-order chi connectivity index (χ0) is 16.5. The minimum atomic E-state index is -0.0688. The molecule has 0 spiro atoms. The van der Waals surface area contributed by atoms with Gasteiger partial charge in [-0.3, -0.25) is 9.59 Å². The summed E-state index contributed by atoms with van der Waals surface area (Å²) in [5.41, 5.74) is 1.12. The van der Waals surface area contributed by atoms with Gasteiger partial charge in [0.05, 0.1) is 24.4 Å². The number of fused-ring (bicyclic) bond motifs is 3. The Labute approximate surface area is 147 Å². The van der Waals surface area contributed by atoms with Gasteiger partial charge in [-0.05, 0) is 31.2 Å². The lowest BCUT2D eigenvalue weighted by molar-refractivity contribution is -0.132. The van der Waals surface area contributed by atoms with E-state index in [2.05, 4.69) is 9.97 Å². The Morgan fingerprint density at radius 1 is 1.29 bits per heavy atom. The van der Waals surface area contributed by atoms with Crippen molar-refractivity contribution >= 4 is 39.2 Å². The number of nitrogens with zero attached hydrogens (tertiary/aromatic N) is 2. The van der Waals surface area contributed by atoms with Gasteiger partial charge in [0.1, 0.15) is 4.83 Å². The van der Waals surface area contributed by atoms with Gasteiger partial charge in [-0.1, -0.05) is 11.8 Å². The lowest BCUT2D eigenvalue weighted by atomic mass is 9.97. The van der Waals surface area contributed by atoms with Gasteiger partial charge in [-0.25, -0.2) is 4.98 Å². The Hall–Kier alpha value is -1.38. The first-order valence-corrected chi connectivity index (χ1v) is 10.1. The van der Waals surface area contributed by atoms with Crippen LogP contribution in [0.4, 0.5) is 0 Å². The van der Waals surface area contributed by atoms with E-state index in [1.165, 1.54) is 28.6 Å². The summed E-state index contributed by atoms with van der Waals surface area (Å²) in [4.78, 5) is 36.0. The molecule has 1 amide bonds. The van der Waals surface area contributed by atoms with Crippen LogP contribution in [0.3, 0.4) is 0 Å². The second-order valence-corrected chi connectivity index (χ2v) is 8.09. The fourth-order valence-electron chi connectivity index (χ4n) is 3.25. The van der Waals surface area contributed by atoms with Crippen LogP contribution in [0.15, 0.2) is 9.95 Å². The summed E-state index contributed by atoms with van der Waals surface area (Å²) >= 11 is 2.94. The van der Waals surface area contributed by atoms with E-state index in [9.17, 15) is 9.59 Å². The highest BCUT2D eigenvalue weighted by Gasteiger charge is 2.21. The van der Waals surface area contributed by atoms with Crippen LogP contribution in [0.25, 0.3) is 10.2 Å². The van der Waals surface area contributed by atoms with Crippen molar-refractivity contribution in [2.75, 3.05) is 32.1 Å². The molecule has 6 nitrogen and oxygen atoms in total. The molecule has 0 radical (unpaired) electrons. The van der Waals surface area contributed by atoms with Gasteiger partial charge in [0, 0.05) is 18.0 Å². The third-order valence-electron chi connectivity index (χ3n) is 4.50. The van der Waals surface area contributed by atoms with Crippen LogP contribution < -0.4 is 5.56 Å². The fraction of sp³-hybridized carbons (Fsp3) is 0.562. The average molecular weight is 365 g/mol. The van der Waals surface area contributed by atoms with Crippen molar-refractivity contribution < 1.29 is 9.53 Å². The van der Waals surface area contributed by atoms with Crippen LogP contribution in [0, 0.1) is 0 Å². The molecule has 0 unspecified atom stereocenters. The molecule has 0 aromatic carbocycles. The first kappa shape index (κ1) is 16.1. The molecule has 1 N–H and O–H groups in total. The maximum absolute atomic E-state index is 12.5. The molecule has 4 rings (SSSR count). The standard InChI is InChI=1S/C16H19N3O3S2/c20-12(19-5-7-22-8-6-19)9-23-16-17-14(21)13-10-3-1-2-4-11(10)24-15(13)18-16/h1-9H2,(H,17,18,21). The maximum atomic E-state index is 12.5. The highest BCUT2D eigenvalue weighted by atomic mass is 32.2. The number of amides is 1. The van der Waals surface area contributed by atoms with Gasteiger partial charge in [-0.2, -0.15) is 0 Å². The van der Waals surface area contributed by atoms with E-state index in [0.29, 0.717) is 37.2 Å². The summed E-state index contributed by atoms with van der Waals surface area (Å²) in [7, 11) is 0. The van der Waals surface area contributed by atoms with E-state index in [1.807, 2.05) is 0 Å². The van der Waals surface area contributed by atoms with Crippen molar-refractivity contribution in [3.8, 4) is 0 Å². The highest BCUT2D eigenvalue weighted by molar-refractivity contribution is 7.99. The van der Waals surface area contributed by atoms with E-state index in [0.717, 1.165) is 29.5 Å². The van der Waals surface area contributed by atoms with Crippen LogP contribution in [0.2, 0.25) is 0 Å². The van der Waals surface area contributed by atoms with Gasteiger partial charge < -0.3 is 14.6 Å². The summed E-state index contributed by atoms with van der Waals surface area (Å²) in [6, 6.07) is 0. The van der Waals surface area contributed by atoms with E-state index in [1.54, 1.807) is 16.2 Å². The van der Waals surface area contributed by atoms with Crippen molar-refractivity contribution in [1.29, 1.82) is 0 Å². The zero-order valence-electron chi connectivity index (χ0n) is 13.3. The van der Waals surface area contributed by atoms with Crippen LogP contribution >= 0.6 is 23.1 Å². The molecule has 2 aromatic heterocycles. The highest BCUT2D eigenvalue weighted by Crippen LogP contribution is 2.34. The third-order valence-corrected chi connectivity index (χ3v) is 6.54. The van der Waals surface area contributed by atoms with Crippen LogP contribution in [0.1, 0.15) is 23.3 Å². The minimum absolute atomic E-state index is 0.0662. The first-order chi connectivity index (χ1) is 11.7. The number of hydrogen-bond acceptors (Lipinski definition) is 6. The topological polar surface area (TPSA) is 75.3 Å². The Bertz CT molecular complexity index is 824. The summed E-state index contributed by atoms with van der Waals surface area (Å²) in [6.45, 7) is 2.47. The molecule has 24 heavy (non-hydrogen) atoms. The number of hydrogen-bond donors (Lipinski definition) is 1. The number of nitrogens with one attached hydrogen (secondary N) is 1. The van der Waals surface area contributed by atoms with Crippen molar-refractivity contribution in [3.63, 3.8) is 0 Å². The summed E-state index contributed by atoms with van der Waals surface area (Å²) in [6.07, 6.45) is 4.35. The van der Waals surface area contributed by atoms with Gasteiger partial charge in [0.2, 0.25) is 5.91 Å². The molecule has 3 heterocycles. The average Bonchev–Trinajstić information content (AvgIpc) is 2.99. The second-order valence-electron chi connectivity index (χ2n) is 6.04. The zero-order valence-corrected chi connectivity index (χ0v) is 14.9. The lowest BCUT2D eigenvalue weighted by Crippen LogP contribution is -2.41. The van der Waals surface area contributed by atoms with Gasteiger partial charge in [0.25, 0.3) is 5.56 Å². The molecule has 2 aromatic rings. The van der Waals surface area contributed by atoms with Crippen molar-refractivity contribution in [2.45, 2.75) is 30.8 Å². The fourth-order valence-corrected chi connectivity index (χ4v) is 5.33. The number of H-pyrrole nitrogens is 1. The number of carbonyl (C=O) groups excluding carboxylic acids is 1. The number of aromatic nitrogens is 2. The smallest absolute Gasteiger partial charge is 0.260 e. The number of rotatable bonds is 3. The summed E-state index contributed by atoms with van der Waals surface area (Å²) < 4.78 is 5.26. The molecule has 1 aliphatic carbocycles. The number of ether oxygens (including phenoxy) is 1. The summed E-state index contributed by atoms with van der Waals surface area (Å²) in [5, 5.41) is 1.30.